The molecule has 14 nitrogen and oxygen atoms in total. The van der Waals surface area contributed by atoms with E-state index < -0.39 is 58.4 Å². The standard InChI is InChI=1S/C20H14N2O9S2.C2H6N2O.Na/c21-13-7-5-11-15(9-3-1-2-4-10(9)20(23)24)12-6-8-14(22)19(33(28,29)30)17(12)31-16(11)18(13)32(25,26)27;1-2(5)4-3;/h1-8,21H,22H2,(H,23,24)(H,25,26,27)(H,28,29,30);3H2,1H3,(H,4,5);/q;;+1/p-2. The van der Waals surface area contributed by atoms with Crippen molar-refractivity contribution in [3.63, 3.8) is 0 Å². The molecule has 0 radical (unpaired) electrons. The van der Waals surface area contributed by atoms with E-state index in [9.17, 15) is 40.6 Å². The summed E-state index contributed by atoms with van der Waals surface area (Å²) < 4.78 is 77.2. The minimum atomic E-state index is -5.32. The van der Waals surface area contributed by atoms with Gasteiger partial charge < -0.3 is 24.4 Å². The molecule has 0 bridgehead atoms. The zero-order chi connectivity index (χ0) is 28.6. The SMILES string of the molecule is CC(=O)NN.N=c1ccc2c(-c3ccccc3C(=O)O)c3ccc(N)c(S(=O)(=O)[O-])c3oc-2c1S(=O)(=O)[O-].[Na+]. The number of hydrazine groups is 1. The first-order valence-corrected chi connectivity index (χ1v) is 13.0. The molecule has 1 aliphatic heterocycles. The monoisotopic (exact) mass is 585 g/mol. The van der Waals surface area contributed by atoms with E-state index in [-0.39, 0.29) is 63.1 Å². The summed E-state index contributed by atoms with van der Waals surface area (Å²) in [6, 6.07) is 10.2. The van der Waals surface area contributed by atoms with Gasteiger partial charge in [-0.15, -0.1) is 0 Å². The Morgan fingerprint density at radius 3 is 2.03 bits per heavy atom. The number of amides is 1. The molecule has 2 aromatic rings. The molecule has 7 N–H and O–H groups in total. The van der Waals surface area contributed by atoms with Crippen molar-refractivity contribution in [2.45, 2.75) is 16.7 Å². The molecule has 0 spiro atoms. The molecule has 0 unspecified atom stereocenters. The summed E-state index contributed by atoms with van der Waals surface area (Å²) in [4.78, 5) is 19.3. The molecular formula is C22H18N4NaO10S2-. The summed E-state index contributed by atoms with van der Waals surface area (Å²) >= 11 is 0. The topological polar surface area (TPSA) is 270 Å². The van der Waals surface area contributed by atoms with Gasteiger partial charge in [0.2, 0.25) is 5.91 Å². The molecule has 39 heavy (non-hydrogen) atoms. The van der Waals surface area contributed by atoms with Crippen LogP contribution in [0.3, 0.4) is 0 Å². The molecule has 2 aromatic carbocycles. The predicted molar refractivity (Wildman–Crippen MR) is 129 cm³/mol. The van der Waals surface area contributed by atoms with Crippen molar-refractivity contribution in [1.82, 2.24) is 5.43 Å². The van der Waals surface area contributed by atoms with E-state index in [1.807, 2.05) is 5.43 Å². The number of carboxylic acid groups (broad SMARTS) is 1. The number of benzene rings is 3. The van der Waals surface area contributed by atoms with Gasteiger partial charge in [0.1, 0.15) is 30.0 Å². The van der Waals surface area contributed by atoms with Crippen LogP contribution >= 0.6 is 0 Å². The quantitative estimate of drug-likeness (QED) is 0.0324. The Balaban J connectivity index is 0.000000816. The molecule has 4 rings (SSSR count). The number of rotatable bonds is 4. The number of carbonyl (C=O) groups is 2. The minimum Gasteiger partial charge on any atom is -0.744 e. The maximum atomic E-state index is 12.0. The number of carboxylic acids is 1. The van der Waals surface area contributed by atoms with Crippen LogP contribution in [0.25, 0.3) is 33.4 Å². The second-order valence-corrected chi connectivity index (χ2v) is 10.2. The minimum absolute atomic E-state index is 0. The second kappa shape index (κ2) is 11.8. The number of aromatic carboxylic acids is 1. The van der Waals surface area contributed by atoms with Gasteiger partial charge >= 0.3 is 35.5 Å². The van der Waals surface area contributed by atoms with E-state index in [0.29, 0.717) is 0 Å². The third kappa shape index (κ3) is 6.45. The number of carbonyl (C=O) groups excluding carboxylic acids is 1. The smallest absolute Gasteiger partial charge is 0.744 e. The summed E-state index contributed by atoms with van der Waals surface area (Å²) in [6.07, 6.45) is 0. The van der Waals surface area contributed by atoms with Gasteiger partial charge in [-0.2, -0.15) is 0 Å². The van der Waals surface area contributed by atoms with Crippen molar-refractivity contribution >= 4 is 48.8 Å². The first-order chi connectivity index (χ1) is 17.6. The predicted octanol–water partition coefficient (Wildman–Crippen LogP) is -2.23. The number of fused-ring (bicyclic) bond motifs is 2. The molecule has 1 amide bonds. The maximum Gasteiger partial charge on any atom is 1.00 e. The number of hydrogen-bond donors (Lipinski definition) is 5. The fourth-order valence-electron chi connectivity index (χ4n) is 3.67. The second-order valence-electron chi connectivity index (χ2n) is 7.62. The van der Waals surface area contributed by atoms with Gasteiger partial charge in [0.05, 0.1) is 16.6 Å². The molecule has 0 atom stereocenters. The van der Waals surface area contributed by atoms with Crippen molar-refractivity contribution in [3.8, 4) is 22.5 Å². The van der Waals surface area contributed by atoms with E-state index in [2.05, 4.69) is 5.84 Å². The summed E-state index contributed by atoms with van der Waals surface area (Å²) in [5, 5.41) is 16.7. The zero-order valence-corrected chi connectivity index (χ0v) is 23.8. The van der Waals surface area contributed by atoms with Crippen molar-refractivity contribution in [2.24, 2.45) is 5.84 Å². The number of anilines is 1. The van der Waals surface area contributed by atoms with Crippen LogP contribution in [-0.2, 0) is 25.0 Å². The molecular weight excluding hydrogens is 567 g/mol. The van der Waals surface area contributed by atoms with Crippen LogP contribution in [0.5, 0.6) is 0 Å². The van der Waals surface area contributed by atoms with Crippen LogP contribution in [-0.4, -0.2) is 42.9 Å². The van der Waals surface area contributed by atoms with Crippen molar-refractivity contribution < 1.29 is 74.6 Å². The van der Waals surface area contributed by atoms with Crippen LogP contribution in [0.2, 0.25) is 0 Å². The molecule has 1 heterocycles. The summed E-state index contributed by atoms with van der Waals surface area (Å²) in [6.45, 7) is 1.35. The van der Waals surface area contributed by atoms with Gasteiger partial charge in [-0.05, 0) is 35.9 Å². The Hall–Kier alpha value is -3.35. The van der Waals surface area contributed by atoms with Crippen LogP contribution in [0.1, 0.15) is 17.3 Å². The molecule has 0 fully saturated rings. The van der Waals surface area contributed by atoms with Gasteiger partial charge in [-0.1, -0.05) is 18.2 Å². The number of nitrogens with two attached hydrogens (primary N) is 2. The summed E-state index contributed by atoms with van der Waals surface area (Å²) in [5.41, 5.74) is 6.04. The van der Waals surface area contributed by atoms with Crippen LogP contribution in [0, 0.1) is 5.41 Å². The van der Waals surface area contributed by atoms with Crippen molar-refractivity contribution in [2.75, 3.05) is 5.73 Å². The normalized spacial score (nSPS) is 11.3. The molecule has 2 aliphatic rings. The molecule has 0 saturated heterocycles. The average Bonchev–Trinajstić information content (AvgIpc) is 2.81. The van der Waals surface area contributed by atoms with Gasteiger partial charge in [0.25, 0.3) is 0 Å². The Morgan fingerprint density at radius 1 is 0.949 bits per heavy atom. The molecule has 0 saturated carbocycles. The van der Waals surface area contributed by atoms with Crippen molar-refractivity contribution in [1.29, 1.82) is 5.41 Å². The Kier molecular flexibility index (Phi) is 9.65. The average molecular weight is 586 g/mol. The fraction of sp³-hybridized carbons (Fsp3) is 0.0455. The zero-order valence-electron chi connectivity index (χ0n) is 20.2. The largest absolute Gasteiger partial charge is 1.00 e. The third-order valence-corrected chi connectivity index (χ3v) is 6.95. The first kappa shape index (κ1) is 31.9. The Labute approximate surface area is 243 Å². The van der Waals surface area contributed by atoms with Gasteiger partial charge in [-0.25, -0.2) is 27.5 Å². The molecule has 200 valence electrons. The van der Waals surface area contributed by atoms with E-state index in [0.717, 1.165) is 12.1 Å². The van der Waals surface area contributed by atoms with Gasteiger partial charge in [-0.3, -0.25) is 15.6 Å². The summed E-state index contributed by atoms with van der Waals surface area (Å²) in [7, 11) is -10.6. The number of nitrogen functional groups attached to an aromatic ring is 1. The van der Waals surface area contributed by atoms with E-state index in [1.165, 1.54) is 43.3 Å². The van der Waals surface area contributed by atoms with E-state index >= 15 is 0 Å². The van der Waals surface area contributed by atoms with Gasteiger partial charge in [0, 0.05) is 23.4 Å². The van der Waals surface area contributed by atoms with Gasteiger partial charge in [0.15, 0.2) is 11.3 Å². The Bertz CT molecular complexity index is 1850. The van der Waals surface area contributed by atoms with Crippen molar-refractivity contribution in [3.05, 3.63) is 59.5 Å². The van der Waals surface area contributed by atoms with E-state index in [1.54, 1.807) is 0 Å². The molecule has 0 aromatic heterocycles. The third-order valence-electron chi connectivity index (χ3n) is 5.13. The molecule has 17 heteroatoms. The number of hydrogen-bond acceptors (Lipinski definition) is 12. The molecule has 1 aliphatic carbocycles. The maximum absolute atomic E-state index is 12.0. The summed E-state index contributed by atoms with van der Waals surface area (Å²) in [5.74, 6) is 2.29. The Morgan fingerprint density at radius 2 is 1.51 bits per heavy atom. The van der Waals surface area contributed by atoms with Crippen LogP contribution in [0.15, 0.2) is 62.7 Å². The van der Waals surface area contributed by atoms with Crippen LogP contribution < -0.4 is 51.9 Å². The van der Waals surface area contributed by atoms with Crippen LogP contribution in [0.4, 0.5) is 5.69 Å². The van der Waals surface area contributed by atoms with E-state index in [4.69, 9.17) is 15.6 Å². The fourth-order valence-corrected chi connectivity index (χ4v) is 5.12. The number of nitrogens with one attached hydrogen (secondary N) is 2. The first-order valence-electron chi connectivity index (χ1n) is 10.2.